The van der Waals surface area contributed by atoms with Gasteiger partial charge < -0.3 is 10.1 Å². The van der Waals surface area contributed by atoms with Crippen LogP contribution in [-0.2, 0) is 22.9 Å². The summed E-state index contributed by atoms with van der Waals surface area (Å²) in [6.07, 6.45) is 2.78. The van der Waals surface area contributed by atoms with Gasteiger partial charge in [0.25, 0.3) is 15.9 Å². The Labute approximate surface area is 197 Å². The zero-order valence-corrected chi connectivity index (χ0v) is 19.8. The molecule has 4 rings (SSSR count). The average Bonchev–Trinajstić information content (AvgIpc) is 3.14. The van der Waals surface area contributed by atoms with Crippen LogP contribution < -0.4 is 14.8 Å². The molecule has 0 saturated carbocycles. The summed E-state index contributed by atoms with van der Waals surface area (Å²) in [5.74, 6) is 0.708. The van der Waals surface area contributed by atoms with E-state index in [1.54, 1.807) is 30.3 Å². The second kappa shape index (κ2) is 9.25. The smallest absolute Gasteiger partial charge is 0.261 e. The number of rotatable bonds is 6. The minimum atomic E-state index is -3.84. The molecule has 0 spiro atoms. The maximum absolute atomic E-state index is 12.9. The van der Waals surface area contributed by atoms with Gasteiger partial charge in [-0.2, -0.15) is 5.26 Å². The zero-order chi connectivity index (χ0) is 23.6. The summed E-state index contributed by atoms with van der Waals surface area (Å²) in [5.41, 5.74) is 2.12. The summed E-state index contributed by atoms with van der Waals surface area (Å²) in [6.45, 7) is 2.19. The van der Waals surface area contributed by atoms with E-state index in [0.29, 0.717) is 22.2 Å². The predicted molar refractivity (Wildman–Crippen MR) is 128 cm³/mol. The van der Waals surface area contributed by atoms with Crippen LogP contribution in [-0.4, -0.2) is 21.4 Å². The van der Waals surface area contributed by atoms with Crippen molar-refractivity contribution in [3.8, 4) is 11.8 Å². The summed E-state index contributed by atoms with van der Waals surface area (Å²) in [7, 11) is -2.33. The Morgan fingerprint density at radius 2 is 1.97 bits per heavy atom. The first-order valence-electron chi connectivity index (χ1n) is 10.4. The minimum Gasteiger partial charge on any atom is -0.497 e. The van der Waals surface area contributed by atoms with Crippen LogP contribution in [0.25, 0.3) is 0 Å². The van der Waals surface area contributed by atoms with E-state index < -0.39 is 15.9 Å². The highest BCUT2D eigenvalue weighted by Crippen LogP contribution is 2.39. The number of carbonyl (C=O) groups excluding carboxylic acids is 1. The second-order valence-corrected chi connectivity index (χ2v) is 10.8. The summed E-state index contributed by atoms with van der Waals surface area (Å²) < 4.78 is 33.0. The predicted octanol–water partition coefficient (Wildman–Crippen LogP) is 4.81. The van der Waals surface area contributed by atoms with Crippen molar-refractivity contribution in [2.75, 3.05) is 17.1 Å². The van der Waals surface area contributed by atoms with Crippen LogP contribution in [0.4, 0.5) is 10.7 Å². The third-order valence-electron chi connectivity index (χ3n) is 5.60. The lowest BCUT2D eigenvalue weighted by Crippen LogP contribution is -2.15. The van der Waals surface area contributed by atoms with E-state index in [9.17, 15) is 18.5 Å². The topological polar surface area (TPSA) is 108 Å². The van der Waals surface area contributed by atoms with Gasteiger partial charge in [0.05, 0.1) is 17.6 Å². The number of nitrogens with zero attached hydrogens (tertiary/aromatic N) is 1. The fourth-order valence-corrected chi connectivity index (χ4v) is 6.23. The van der Waals surface area contributed by atoms with Crippen LogP contribution in [0.2, 0.25) is 0 Å². The van der Waals surface area contributed by atoms with Crippen molar-refractivity contribution in [1.29, 1.82) is 5.26 Å². The molecule has 170 valence electrons. The number of hydrogen-bond acceptors (Lipinski definition) is 6. The normalized spacial score (nSPS) is 15.2. The van der Waals surface area contributed by atoms with Crippen LogP contribution in [0.15, 0.2) is 53.4 Å². The van der Waals surface area contributed by atoms with E-state index in [2.05, 4.69) is 23.0 Å². The van der Waals surface area contributed by atoms with Crippen LogP contribution in [0.5, 0.6) is 5.75 Å². The number of carbonyl (C=O) groups is 1. The fourth-order valence-electron chi connectivity index (χ4n) is 3.83. The van der Waals surface area contributed by atoms with Gasteiger partial charge in [-0.25, -0.2) is 8.42 Å². The number of hydrogen-bond donors (Lipinski definition) is 2. The lowest BCUT2D eigenvalue weighted by atomic mass is 9.88. The Kier molecular flexibility index (Phi) is 6.40. The van der Waals surface area contributed by atoms with Crippen molar-refractivity contribution in [1.82, 2.24) is 0 Å². The Morgan fingerprint density at radius 3 is 2.67 bits per heavy atom. The van der Waals surface area contributed by atoms with E-state index in [4.69, 9.17) is 4.74 Å². The molecule has 7 nitrogen and oxygen atoms in total. The number of amides is 1. The quantitative estimate of drug-likeness (QED) is 0.525. The summed E-state index contributed by atoms with van der Waals surface area (Å²) in [4.78, 5) is 14.1. The number of thiophene rings is 1. The molecule has 1 heterocycles. The highest BCUT2D eigenvalue weighted by atomic mass is 32.2. The number of anilines is 2. The minimum absolute atomic E-state index is 0.0789. The van der Waals surface area contributed by atoms with Gasteiger partial charge in [-0.15, -0.1) is 11.3 Å². The van der Waals surface area contributed by atoms with Gasteiger partial charge in [-0.1, -0.05) is 13.0 Å². The Balaban J connectivity index is 1.53. The average molecular weight is 482 g/mol. The molecule has 0 radical (unpaired) electrons. The van der Waals surface area contributed by atoms with Crippen molar-refractivity contribution < 1.29 is 17.9 Å². The first kappa shape index (κ1) is 22.8. The molecule has 1 aliphatic carbocycles. The fraction of sp³-hybridized carbons (Fsp3) is 0.250. The van der Waals surface area contributed by atoms with Gasteiger partial charge in [0.2, 0.25) is 0 Å². The largest absolute Gasteiger partial charge is 0.497 e. The van der Waals surface area contributed by atoms with Gasteiger partial charge in [0, 0.05) is 16.1 Å². The second-order valence-electron chi connectivity index (χ2n) is 7.98. The zero-order valence-electron chi connectivity index (χ0n) is 18.2. The van der Waals surface area contributed by atoms with Crippen LogP contribution in [0, 0.1) is 17.2 Å². The molecule has 1 unspecified atom stereocenters. The number of ether oxygens (including phenoxy) is 1. The number of fused-ring (bicyclic) bond motifs is 1. The van der Waals surface area contributed by atoms with Crippen molar-refractivity contribution in [2.24, 2.45) is 5.92 Å². The molecule has 3 aromatic rings. The Hall–Kier alpha value is -3.35. The highest BCUT2D eigenvalue weighted by Gasteiger charge is 2.25. The molecule has 9 heteroatoms. The van der Waals surface area contributed by atoms with E-state index in [-0.39, 0.29) is 16.1 Å². The molecule has 33 heavy (non-hydrogen) atoms. The lowest BCUT2D eigenvalue weighted by molar-refractivity contribution is 0.102. The molecule has 2 N–H and O–H groups in total. The third-order valence-corrected chi connectivity index (χ3v) is 8.16. The van der Waals surface area contributed by atoms with Crippen molar-refractivity contribution >= 4 is 38.0 Å². The SMILES string of the molecule is COc1ccc(S(=O)(=O)Nc2cccc(C(=O)Nc3sc4c(c3C#N)CCC(C)C4)c2)cc1. The van der Waals surface area contributed by atoms with E-state index in [0.717, 1.165) is 29.7 Å². The van der Waals surface area contributed by atoms with Gasteiger partial charge in [0.15, 0.2) is 0 Å². The standard InChI is InChI=1S/C24H23N3O4S2/c1-15-6-11-20-21(14-25)24(32-22(20)12-15)26-23(28)16-4-3-5-17(13-16)27-33(29,30)19-9-7-18(31-2)8-10-19/h3-5,7-10,13,15,27H,6,11-12H2,1-2H3,(H,26,28). The van der Waals surface area contributed by atoms with E-state index >= 15 is 0 Å². The third kappa shape index (κ3) is 4.87. The molecule has 1 amide bonds. The van der Waals surface area contributed by atoms with E-state index in [1.807, 2.05) is 0 Å². The molecule has 0 aliphatic heterocycles. The van der Waals surface area contributed by atoms with Gasteiger partial charge in [0.1, 0.15) is 16.8 Å². The summed E-state index contributed by atoms with van der Waals surface area (Å²) in [6, 6.07) is 14.5. The molecule has 0 bridgehead atoms. The monoisotopic (exact) mass is 481 g/mol. The molecular formula is C24H23N3O4S2. The molecule has 0 saturated heterocycles. The highest BCUT2D eigenvalue weighted by molar-refractivity contribution is 7.92. The summed E-state index contributed by atoms with van der Waals surface area (Å²) >= 11 is 1.45. The Bertz CT molecular complexity index is 1340. The maximum Gasteiger partial charge on any atom is 0.261 e. The number of sulfonamides is 1. The lowest BCUT2D eigenvalue weighted by Gasteiger charge is -2.17. The van der Waals surface area contributed by atoms with Gasteiger partial charge in [-0.05, 0) is 73.2 Å². The number of benzene rings is 2. The van der Waals surface area contributed by atoms with Crippen LogP contribution in [0.3, 0.4) is 0 Å². The maximum atomic E-state index is 12.9. The molecule has 1 aliphatic rings. The first-order chi connectivity index (χ1) is 15.8. The number of nitriles is 1. The number of methoxy groups -OCH3 is 1. The van der Waals surface area contributed by atoms with Crippen molar-refractivity contribution in [2.45, 2.75) is 31.1 Å². The van der Waals surface area contributed by atoms with Crippen molar-refractivity contribution in [3.05, 3.63) is 70.1 Å². The molecule has 2 aromatic carbocycles. The molecule has 0 fully saturated rings. The van der Waals surface area contributed by atoms with Crippen LogP contribution >= 0.6 is 11.3 Å². The van der Waals surface area contributed by atoms with Crippen molar-refractivity contribution in [3.63, 3.8) is 0 Å². The molecular weight excluding hydrogens is 458 g/mol. The van der Waals surface area contributed by atoms with Gasteiger partial charge in [-0.3, -0.25) is 9.52 Å². The van der Waals surface area contributed by atoms with E-state index in [1.165, 1.54) is 36.6 Å². The first-order valence-corrected chi connectivity index (χ1v) is 12.7. The Morgan fingerprint density at radius 1 is 1.21 bits per heavy atom. The molecule has 1 atom stereocenters. The van der Waals surface area contributed by atoms with Gasteiger partial charge >= 0.3 is 0 Å². The molecule has 1 aromatic heterocycles. The summed E-state index contributed by atoms with van der Waals surface area (Å²) in [5, 5.41) is 13.0. The number of nitrogens with one attached hydrogen (secondary N) is 2. The van der Waals surface area contributed by atoms with Crippen LogP contribution in [0.1, 0.15) is 39.7 Å².